The number of piperazine rings is 1. The minimum atomic E-state index is -0.198. The molecule has 0 atom stereocenters. The Hall–Kier alpha value is -3.19. The Bertz CT molecular complexity index is 1080. The number of hydrogen-bond donors (Lipinski definition) is 1. The molecule has 2 aromatic carbocycles. The van der Waals surface area contributed by atoms with Gasteiger partial charge in [-0.05, 0) is 62.7 Å². The number of likely N-dealkylation sites (N-methyl/N-ethyl adjacent to an activating group) is 1. The number of benzene rings is 2. The molecule has 1 saturated carbocycles. The van der Waals surface area contributed by atoms with E-state index in [1.54, 1.807) is 0 Å². The van der Waals surface area contributed by atoms with E-state index in [1.807, 2.05) is 47.1 Å². The molecule has 1 saturated heterocycles. The molecule has 1 amide bonds. The molecule has 1 N–H and O–H groups in total. The first-order valence-electron chi connectivity index (χ1n) is 11.0. The molecule has 7 nitrogen and oxygen atoms in total. The van der Waals surface area contributed by atoms with Crippen LogP contribution in [0.3, 0.4) is 0 Å². The fraction of sp³-hybridized carbons (Fsp3) is 0.375. The fourth-order valence-corrected chi connectivity index (χ4v) is 4.26. The zero-order valence-electron chi connectivity index (χ0n) is 18.1. The molecule has 3 aromatic rings. The maximum Gasteiger partial charge on any atom is 0.278 e. The van der Waals surface area contributed by atoms with E-state index in [2.05, 4.69) is 45.5 Å². The van der Waals surface area contributed by atoms with Gasteiger partial charge in [-0.3, -0.25) is 4.79 Å². The van der Waals surface area contributed by atoms with Crippen LogP contribution < -0.4 is 10.2 Å². The Labute approximate surface area is 182 Å². The predicted molar refractivity (Wildman–Crippen MR) is 122 cm³/mol. The second-order valence-corrected chi connectivity index (χ2v) is 8.59. The summed E-state index contributed by atoms with van der Waals surface area (Å²) in [5.74, 6) is 0.146. The van der Waals surface area contributed by atoms with Crippen LogP contribution in [0, 0.1) is 6.92 Å². The van der Waals surface area contributed by atoms with E-state index in [-0.39, 0.29) is 5.91 Å². The highest BCUT2D eigenvalue weighted by Crippen LogP contribution is 2.42. The quantitative estimate of drug-likeness (QED) is 0.690. The lowest BCUT2D eigenvalue weighted by Crippen LogP contribution is -2.44. The molecular weight excluding hydrogens is 388 g/mol. The van der Waals surface area contributed by atoms with E-state index in [9.17, 15) is 4.79 Å². The van der Waals surface area contributed by atoms with Gasteiger partial charge in [0.15, 0.2) is 5.69 Å². The summed E-state index contributed by atoms with van der Waals surface area (Å²) in [5, 5.41) is 11.6. The largest absolute Gasteiger partial charge is 0.369 e. The molecule has 31 heavy (non-hydrogen) atoms. The number of nitrogens with one attached hydrogen (secondary N) is 1. The molecule has 5 rings (SSSR count). The highest BCUT2D eigenvalue weighted by molar-refractivity contribution is 6.04. The van der Waals surface area contributed by atoms with Crippen LogP contribution in [-0.4, -0.2) is 59.0 Å². The molecule has 7 heteroatoms. The number of amides is 1. The summed E-state index contributed by atoms with van der Waals surface area (Å²) in [6.07, 6.45) is 2.14. The molecule has 160 valence electrons. The number of aromatic nitrogens is 3. The third-order valence-corrected chi connectivity index (χ3v) is 6.18. The highest BCUT2D eigenvalue weighted by Gasteiger charge is 2.34. The van der Waals surface area contributed by atoms with E-state index in [4.69, 9.17) is 0 Å². The monoisotopic (exact) mass is 416 g/mol. The molecule has 0 radical (unpaired) electrons. The van der Waals surface area contributed by atoms with Crippen molar-refractivity contribution in [1.82, 2.24) is 19.9 Å². The zero-order valence-corrected chi connectivity index (χ0v) is 18.1. The Balaban J connectivity index is 1.36. The average molecular weight is 417 g/mol. The first-order valence-corrected chi connectivity index (χ1v) is 11.0. The summed E-state index contributed by atoms with van der Waals surface area (Å²) >= 11 is 0. The standard InChI is InChI=1S/C24H28N6O/c1-17-16-19(10-11-21(17)29-14-12-28(2)13-15-29)25-24(31)22-23(18-8-9-18)30(27-26-22)20-6-4-3-5-7-20/h3-7,10-11,16,18H,8-9,12-15H2,1-2H3,(H,25,31). The third-order valence-electron chi connectivity index (χ3n) is 6.18. The Morgan fingerprint density at radius 1 is 1.03 bits per heavy atom. The van der Waals surface area contributed by atoms with Gasteiger partial charge in [-0.25, -0.2) is 4.68 Å². The molecular formula is C24H28N6O. The number of carbonyl (C=O) groups excluding carboxylic acids is 1. The minimum absolute atomic E-state index is 0.198. The van der Waals surface area contributed by atoms with Crippen molar-refractivity contribution >= 4 is 17.3 Å². The smallest absolute Gasteiger partial charge is 0.278 e. The Morgan fingerprint density at radius 2 is 1.77 bits per heavy atom. The van der Waals surface area contributed by atoms with Gasteiger partial charge in [0.05, 0.1) is 11.4 Å². The maximum absolute atomic E-state index is 13.1. The van der Waals surface area contributed by atoms with Crippen LogP contribution in [0.25, 0.3) is 5.69 Å². The van der Waals surface area contributed by atoms with Gasteiger partial charge in [0.2, 0.25) is 0 Å². The van der Waals surface area contributed by atoms with Crippen LogP contribution in [0.1, 0.15) is 40.5 Å². The van der Waals surface area contributed by atoms with Crippen molar-refractivity contribution in [2.24, 2.45) is 0 Å². The number of carbonyl (C=O) groups is 1. The summed E-state index contributed by atoms with van der Waals surface area (Å²) < 4.78 is 1.81. The summed E-state index contributed by atoms with van der Waals surface area (Å²) in [7, 11) is 2.16. The first-order chi connectivity index (χ1) is 15.1. The van der Waals surface area contributed by atoms with Crippen molar-refractivity contribution in [1.29, 1.82) is 0 Å². The topological polar surface area (TPSA) is 66.3 Å². The van der Waals surface area contributed by atoms with Crippen molar-refractivity contribution < 1.29 is 4.79 Å². The second kappa shape index (κ2) is 8.15. The number of para-hydroxylation sites is 1. The van der Waals surface area contributed by atoms with Gasteiger partial charge in [-0.2, -0.15) is 0 Å². The number of nitrogens with zero attached hydrogens (tertiary/aromatic N) is 5. The molecule has 2 heterocycles. The van der Waals surface area contributed by atoms with Crippen LogP contribution in [0.5, 0.6) is 0 Å². The Kier molecular flexibility index (Phi) is 5.19. The van der Waals surface area contributed by atoms with Crippen LogP contribution in [0.15, 0.2) is 48.5 Å². The number of aryl methyl sites for hydroxylation is 1. The molecule has 0 unspecified atom stereocenters. The van der Waals surface area contributed by atoms with Gasteiger partial charge in [-0.15, -0.1) is 5.10 Å². The van der Waals surface area contributed by atoms with Gasteiger partial charge >= 0.3 is 0 Å². The lowest BCUT2D eigenvalue weighted by molar-refractivity contribution is 0.102. The van der Waals surface area contributed by atoms with Crippen LogP contribution in [0.2, 0.25) is 0 Å². The SMILES string of the molecule is Cc1cc(NC(=O)c2nnn(-c3ccccc3)c2C2CC2)ccc1N1CCN(C)CC1. The summed E-state index contributed by atoms with van der Waals surface area (Å²) in [4.78, 5) is 17.9. The van der Waals surface area contributed by atoms with E-state index < -0.39 is 0 Å². The van der Waals surface area contributed by atoms with Crippen LogP contribution in [0.4, 0.5) is 11.4 Å². The van der Waals surface area contributed by atoms with Crippen molar-refractivity contribution in [3.8, 4) is 5.69 Å². The van der Waals surface area contributed by atoms with Gasteiger partial charge in [-0.1, -0.05) is 23.4 Å². The number of hydrogen-bond acceptors (Lipinski definition) is 5. The molecule has 0 spiro atoms. The molecule has 2 fully saturated rings. The van der Waals surface area contributed by atoms with Crippen LogP contribution >= 0.6 is 0 Å². The molecule has 1 aromatic heterocycles. The Morgan fingerprint density at radius 3 is 2.45 bits per heavy atom. The summed E-state index contributed by atoms with van der Waals surface area (Å²) in [6.45, 7) is 6.29. The lowest BCUT2D eigenvalue weighted by atomic mass is 10.1. The van der Waals surface area contributed by atoms with Gasteiger partial charge in [0.25, 0.3) is 5.91 Å². The molecule has 2 aliphatic rings. The van der Waals surface area contributed by atoms with Crippen molar-refractivity contribution in [2.45, 2.75) is 25.7 Å². The molecule has 1 aliphatic carbocycles. The highest BCUT2D eigenvalue weighted by atomic mass is 16.2. The minimum Gasteiger partial charge on any atom is -0.369 e. The first kappa shape index (κ1) is 19.8. The van der Waals surface area contributed by atoms with E-state index in [0.717, 1.165) is 61.7 Å². The maximum atomic E-state index is 13.1. The van der Waals surface area contributed by atoms with Gasteiger partial charge in [0.1, 0.15) is 0 Å². The third kappa shape index (κ3) is 4.05. The van der Waals surface area contributed by atoms with Gasteiger partial charge < -0.3 is 15.1 Å². The van der Waals surface area contributed by atoms with E-state index in [1.165, 1.54) is 5.69 Å². The summed E-state index contributed by atoms with van der Waals surface area (Å²) in [6, 6.07) is 16.0. The number of rotatable bonds is 5. The van der Waals surface area contributed by atoms with Crippen LogP contribution in [-0.2, 0) is 0 Å². The van der Waals surface area contributed by atoms with Crippen molar-refractivity contribution in [2.75, 3.05) is 43.4 Å². The second-order valence-electron chi connectivity index (χ2n) is 8.59. The van der Waals surface area contributed by atoms with E-state index >= 15 is 0 Å². The number of anilines is 2. The lowest BCUT2D eigenvalue weighted by Gasteiger charge is -2.35. The average Bonchev–Trinajstić information content (AvgIpc) is 3.52. The fourth-order valence-electron chi connectivity index (χ4n) is 4.26. The van der Waals surface area contributed by atoms with Crippen molar-refractivity contribution in [3.05, 3.63) is 65.5 Å². The van der Waals surface area contributed by atoms with Gasteiger partial charge in [0, 0.05) is 43.5 Å². The zero-order chi connectivity index (χ0) is 21.4. The molecule has 1 aliphatic heterocycles. The van der Waals surface area contributed by atoms with Crippen molar-refractivity contribution in [3.63, 3.8) is 0 Å². The predicted octanol–water partition coefficient (Wildman–Crippen LogP) is 3.46. The normalized spacial score (nSPS) is 17.0. The van der Waals surface area contributed by atoms with E-state index in [0.29, 0.717) is 11.6 Å². The summed E-state index contributed by atoms with van der Waals surface area (Å²) in [5.41, 5.74) is 5.46. The molecule has 0 bridgehead atoms.